The summed E-state index contributed by atoms with van der Waals surface area (Å²) >= 11 is 0. The average molecular weight is 260 g/mol. The number of hydrogen-bond acceptors (Lipinski definition) is 3. The van der Waals surface area contributed by atoms with Gasteiger partial charge >= 0.3 is 5.97 Å². The first-order valence-corrected chi connectivity index (χ1v) is 5.20. The average Bonchev–Trinajstić information content (AvgIpc) is 2.20. The van der Waals surface area contributed by atoms with Crippen molar-refractivity contribution in [3.63, 3.8) is 0 Å². The van der Waals surface area contributed by atoms with Gasteiger partial charge in [0.1, 0.15) is 11.8 Å². The van der Waals surface area contributed by atoms with Gasteiger partial charge in [0.25, 0.3) is 0 Å². The summed E-state index contributed by atoms with van der Waals surface area (Å²) in [6, 6.07) is 5.58. The van der Waals surface area contributed by atoms with Gasteiger partial charge in [0.15, 0.2) is 0 Å². The van der Waals surface area contributed by atoms with Gasteiger partial charge in [-0.15, -0.1) is 12.4 Å². The molecule has 2 unspecified atom stereocenters. The maximum Gasteiger partial charge on any atom is 0.321 e. The van der Waals surface area contributed by atoms with Crippen molar-refractivity contribution in [2.24, 2.45) is 11.7 Å². The molecule has 17 heavy (non-hydrogen) atoms. The fraction of sp³-hybridized carbons (Fsp3) is 0.417. The van der Waals surface area contributed by atoms with Crippen molar-refractivity contribution in [2.45, 2.75) is 25.8 Å². The zero-order chi connectivity index (χ0) is 12.3. The molecule has 4 N–H and O–H groups in total. The second kappa shape index (κ2) is 6.47. The van der Waals surface area contributed by atoms with Crippen LogP contribution in [0.2, 0.25) is 0 Å². The molecule has 0 saturated carbocycles. The summed E-state index contributed by atoms with van der Waals surface area (Å²) in [5.41, 5.74) is 6.51. The Balaban J connectivity index is 0.00000256. The van der Waals surface area contributed by atoms with Crippen molar-refractivity contribution in [3.05, 3.63) is 29.8 Å². The van der Waals surface area contributed by atoms with Gasteiger partial charge < -0.3 is 15.9 Å². The molecule has 0 saturated heterocycles. The first kappa shape index (κ1) is 15.7. The van der Waals surface area contributed by atoms with Crippen molar-refractivity contribution < 1.29 is 15.0 Å². The number of carboxylic acids is 1. The Labute approximate surface area is 107 Å². The van der Waals surface area contributed by atoms with Crippen molar-refractivity contribution in [1.29, 1.82) is 0 Å². The Hall–Kier alpha value is -1.26. The molecule has 0 heterocycles. The van der Waals surface area contributed by atoms with Crippen LogP contribution in [0.3, 0.4) is 0 Å². The molecule has 0 aliphatic rings. The Morgan fingerprint density at radius 2 is 1.71 bits per heavy atom. The van der Waals surface area contributed by atoms with Crippen LogP contribution in [0, 0.1) is 5.92 Å². The highest BCUT2D eigenvalue weighted by Gasteiger charge is 2.28. The maximum absolute atomic E-state index is 10.9. The summed E-state index contributed by atoms with van der Waals surface area (Å²) < 4.78 is 0. The lowest BCUT2D eigenvalue weighted by Gasteiger charge is -2.25. The van der Waals surface area contributed by atoms with E-state index in [2.05, 4.69) is 0 Å². The second-order valence-electron chi connectivity index (χ2n) is 4.23. The molecule has 0 amide bonds. The van der Waals surface area contributed by atoms with Gasteiger partial charge in [-0.25, -0.2) is 0 Å². The van der Waals surface area contributed by atoms with Crippen LogP contribution in [-0.2, 0) is 4.79 Å². The molecule has 0 bridgehead atoms. The van der Waals surface area contributed by atoms with Crippen molar-refractivity contribution in [1.82, 2.24) is 0 Å². The number of hydrogen-bond donors (Lipinski definition) is 3. The smallest absolute Gasteiger partial charge is 0.321 e. The van der Waals surface area contributed by atoms with Crippen molar-refractivity contribution in [2.75, 3.05) is 0 Å². The number of phenolic OH excluding ortho intramolecular Hbond substituents is 1. The Morgan fingerprint density at radius 3 is 2.06 bits per heavy atom. The second-order valence-corrected chi connectivity index (χ2v) is 4.23. The molecular formula is C12H18ClNO3. The van der Waals surface area contributed by atoms with E-state index in [4.69, 9.17) is 10.8 Å². The van der Waals surface area contributed by atoms with Crippen LogP contribution in [-0.4, -0.2) is 22.2 Å². The topological polar surface area (TPSA) is 83.5 Å². The highest BCUT2D eigenvalue weighted by molar-refractivity contribution is 5.85. The number of nitrogens with two attached hydrogens (primary N) is 1. The van der Waals surface area contributed by atoms with E-state index in [0.29, 0.717) is 0 Å². The quantitative estimate of drug-likeness (QED) is 0.772. The largest absolute Gasteiger partial charge is 0.508 e. The molecular weight excluding hydrogens is 242 g/mol. The summed E-state index contributed by atoms with van der Waals surface area (Å²) in [5, 5.41) is 18.1. The first-order valence-electron chi connectivity index (χ1n) is 5.20. The third-order valence-corrected chi connectivity index (χ3v) is 2.67. The van der Waals surface area contributed by atoms with Crippen LogP contribution in [0.1, 0.15) is 25.3 Å². The molecule has 1 aromatic carbocycles. The summed E-state index contributed by atoms with van der Waals surface area (Å²) in [4.78, 5) is 10.9. The number of phenols is 1. The van der Waals surface area contributed by atoms with E-state index in [1.807, 2.05) is 13.8 Å². The molecule has 1 rings (SSSR count). The standard InChI is InChI=1S/C12H17NO3.ClH/c1-7(2)10(11(13)12(15)16)8-3-5-9(14)6-4-8;/h3-7,10-11,14H,13H2,1-2H3,(H,15,16);1H. The van der Waals surface area contributed by atoms with E-state index in [9.17, 15) is 9.90 Å². The predicted molar refractivity (Wildman–Crippen MR) is 68.5 cm³/mol. The number of benzene rings is 1. The lowest BCUT2D eigenvalue weighted by Crippen LogP contribution is -2.38. The van der Waals surface area contributed by atoms with Crippen molar-refractivity contribution >= 4 is 18.4 Å². The number of halogens is 1. The minimum atomic E-state index is -1.01. The Kier molecular flexibility index (Phi) is 5.99. The van der Waals surface area contributed by atoms with E-state index in [1.165, 1.54) is 0 Å². The monoisotopic (exact) mass is 259 g/mol. The molecule has 2 atom stereocenters. The van der Waals surface area contributed by atoms with Gasteiger partial charge in [0, 0.05) is 5.92 Å². The fourth-order valence-corrected chi connectivity index (χ4v) is 1.86. The highest BCUT2D eigenvalue weighted by Crippen LogP contribution is 2.28. The van der Waals surface area contributed by atoms with Gasteiger partial charge in [-0.1, -0.05) is 26.0 Å². The molecule has 96 valence electrons. The molecule has 0 spiro atoms. The van der Waals surface area contributed by atoms with Gasteiger partial charge in [-0.3, -0.25) is 4.79 Å². The van der Waals surface area contributed by atoms with E-state index in [0.717, 1.165) is 5.56 Å². The zero-order valence-corrected chi connectivity index (χ0v) is 10.6. The molecule has 4 nitrogen and oxygen atoms in total. The van der Waals surface area contributed by atoms with Crippen molar-refractivity contribution in [3.8, 4) is 5.75 Å². The number of carboxylic acid groups (broad SMARTS) is 1. The first-order chi connectivity index (χ1) is 7.43. The van der Waals surface area contributed by atoms with Crippen LogP contribution >= 0.6 is 12.4 Å². The van der Waals surface area contributed by atoms with Crippen LogP contribution in [0.4, 0.5) is 0 Å². The van der Waals surface area contributed by atoms with Gasteiger partial charge in [0.2, 0.25) is 0 Å². The normalized spacial score (nSPS) is 13.9. The molecule has 5 heteroatoms. The predicted octanol–water partition coefficient (Wildman–Crippen LogP) is 1.97. The molecule has 0 aliphatic heterocycles. The summed E-state index contributed by atoms with van der Waals surface area (Å²) in [6.07, 6.45) is 0. The Morgan fingerprint density at radius 1 is 1.24 bits per heavy atom. The Bertz CT molecular complexity index is 365. The highest BCUT2D eigenvalue weighted by atomic mass is 35.5. The number of aromatic hydroxyl groups is 1. The lowest BCUT2D eigenvalue weighted by atomic mass is 9.83. The van der Waals surface area contributed by atoms with Crippen LogP contribution in [0.15, 0.2) is 24.3 Å². The minimum Gasteiger partial charge on any atom is -0.508 e. The molecule has 0 aromatic heterocycles. The van der Waals surface area contributed by atoms with E-state index in [-0.39, 0.29) is 30.0 Å². The number of carbonyl (C=O) groups is 1. The third-order valence-electron chi connectivity index (χ3n) is 2.67. The minimum absolute atomic E-state index is 0. The number of aliphatic carboxylic acids is 1. The molecule has 0 aliphatic carbocycles. The maximum atomic E-state index is 10.9. The third kappa shape index (κ3) is 3.91. The molecule has 0 radical (unpaired) electrons. The number of rotatable bonds is 4. The lowest BCUT2D eigenvalue weighted by molar-refractivity contribution is -0.139. The van der Waals surface area contributed by atoms with Gasteiger partial charge in [-0.2, -0.15) is 0 Å². The molecule has 0 fully saturated rings. The van der Waals surface area contributed by atoms with Crippen LogP contribution in [0.5, 0.6) is 5.75 Å². The fourth-order valence-electron chi connectivity index (χ4n) is 1.86. The van der Waals surface area contributed by atoms with E-state index >= 15 is 0 Å². The van der Waals surface area contributed by atoms with Gasteiger partial charge in [0.05, 0.1) is 0 Å². The summed E-state index contributed by atoms with van der Waals surface area (Å²) in [7, 11) is 0. The molecule has 1 aromatic rings. The van der Waals surface area contributed by atoms with Gasteiger partial charge in [-0.05, 0) is 23.6 Å². The summed E-state index contributed by atoms with van der Waals surface area (Å²) in [6.45, 7) is 3.86. The van der Waals surface area contributed by atoms with Crippen LogP contribution < -0.4 is 5.73 Å². The SMILES string of the molecule is CC(C)C(c1ccc(O)cc1)C(N)C(=O)O.Cl. The zero-order valence-electron chi connectivity index (χ0n) is 9.83. The van der Waals surface area contributed by atoms with E-state index in [1.54, 1.807) is 24.3 Å². The van der Waals surface area contributed by atoms with Crippen LogP contribution in [0.25, 0.3) is 0 Å². The van der Waals surface area contributed by atoms with E-state index < -0.39 is 12.0 Å². The summed E-state index contributed by atoms with van der Waals surface area (Å²) in [5.74, 6) is -0.976.